The Labute approximate surface area is 78.1 Å². The van der Waals surface area contributed by atoms with Gasteiger partial charge in [-0.25, -0.2) is 0 Å². The van der Waals surface area contributed by atoms with Crippen molar-refractivity contribution in [3.8, 4) is 0 Å². The van der Waals surface area contributed by atoms with Crippen LogP contribution in [0.2, 0.25) is 0 Å². The molecule has 3 nitrogen and oxygen atoms in total. The van der Waals surface area contributed by atoms with Crippen molar-refractivity contribution in [3.63, 3.8) is 0 Å². The molecule has 0 aromatic carbocycles. The molecule has 0 bridgehead atoms. The first-order valence-electron chi connectivity index (χ1n) is 4.60. The van der Waals surface area contributed by atoms with E-state index >= 15 is 0 Å². The van der Waals surface area contributed by atoms with Crippen molar-refractivity contribution >= 4 is 11.8 Å². The van der Waals surface area contributed by atoms with Gasteiger partial charge in [0.2, 0.25) is 0 Å². The summed E-state index contributed by atoms with van der Waals surface area (Å²) in [6.45, 7) is 5.47. The van der Waals surface area contributed by atoms with Crippen LogP contribution in [0.4, 0.5) is 0 Å². The van der Waals surface area contributed by atoms with Gasteiger partial charge in [0.25, 0.3) is 0 Å². The molecule has 1 aliphatic rings. The molecule has 0 heterocycles. The molecule has 0 aliphatic heterocycles. The molecule has 13 heavy (non-hydrogen) atoms. The number of ketones is 1. The van der Waals surface area contributed by atoms with Crippen LogP contribution in [0, 0.1) is 17.3 Å². The van der Waals surface area contributed by atoms with Crippen LogP contribution in [0.5, 0.6) is 0 Å². The number of carbonyl (C=O) groups is 2. The van der Waals surface area contributed by atoms with E-state index in [4.69, 9.17) is 5.11 Å². The number of hydrogen-bond acceptors (Lipinski definition) is 2. The normalized spacial score (nSPS) is 28.8. The Bertz CT molecular complexity index is 243. The summed E-state index contributed by atoms with van der Waals surface area (Å²) in [6.07, 6.45) is 1.14. The first-order valence-corrected chi connectivity index (χ1v) is 4.60. The van der Waals surface area contributed by atoms with E-state index in [9.17, 15) is 9.59 Å². The van der Waals surface area contributed by atoms with E-state index in [0.717, 1.165) is 0 Å². The van der Waals surface area contributed by atoms with Crippen LogP contribution in [-0.4, -0.2) is 16.9 Å². The maximum atomic E-state index is 11.4. The molecule has 0 aromatic rings. The Balaban J connectivity index is 2.69. The minimum absolute atomic E-state index is 0.0278. The highest BCUT2D eigenvalue weighted by Crippen LogP contribution is 2.41. The maximum Gasteiger partial charge on any atom is 0.306 e. The van der Waals surface area contributed by atoms with E-state index in [1.165, 1.54) is 0 Å². The van der Waals surface area contributed by atoms with Crippen LogP contribution in [-0.2, 0) is 9.59 Å². The van der Waals surface area contributed by atoms with Gasteiger partial charge in [0.1, 0.15) is 5.78 Å². The van der Waals surface area contributed by atoms with Crippen LogP contribution in [0.15, 0.2) is 0 Å². The molecule has 1 aliphatic carbocycles. The summed E-state index contributed by atoms with van der Waals surface area (Å²) in [4.78, 5) is 22.1. The molecular formula is C10H16O3. The number of aliphatic carboxylic acids is 1. The fraction of sp³-hybridized carbons (Fsp3) is 0.800. The van der Waals surface area contributed by atoms with Gasteiger partial charge in [-0.3, -0.25) is 9.59 Å². The zero-order valence-corrected chi connectivity index (χ0v) is 8.33. The molecule has 0 radical (unpaired) electrons. The third-order valence-electron chi connectivity index (χ3n) is 3.07. The van der Waals surface area contributed by atoms with Crippen molar-refractivity contribution in [2.75, 3.05) is 0 Å². The molecule has 0 unspecified atom stereocenters. The monoisotopic (exact) mass is 184 g/mol. The zero-order valence-electron chi connectivity index (χ0n) is 8.33. The number of carboxylic acids is 1. The lowest BCUT2D eigenvalue weighted by atomic mass is 9.86. The lowest BCUT2D eigenvalue weighted by molar-refractivity contribution is -0.142. The standard InChI is InChI=1S/C10H16O3/c1-6(9(12)13)7-4-8(11)10(2,3)5-7/h6-7H,4-5H2,1-3H3,(H,12,13)/t6-,7-/m0/s1. The average molecular weight is 184 g/mol. The summed E-state index contributed by atoms with van der Waals surface area (Å²) in [5.74, 6) is -0.966. The lowest BCUT2D eigenvalue weighted by Gasteiger charge is -2.17. The van der Waals surface area contributed by atoms with Gasteiger partial charge in [0, 0.05) is 11.8 Å². The summed E-state index contributed by atoms with van der Waals surface area (Å²) in [5, 5.41) is 8.79. The molecule has 1 fully saturated rings. The van der Waals surface area contributed by atoms with Crippen molar-refractivity contribution < 1.29 is 14.7 Å². The molecular weight excluding hydrogens is 168 g/mol. The maximum absolute atomic E-state index is 11.4. The van der Waals surface area contributed by atoms with Gasteiger partial charge in [-0.2, -0.15) is 0 Å². The fourth-order valence-electron chi connectivity index (χ4n) is 1.91. The second-order valence-corrected chi connectivity index (χ2v) is 4.60. The topological polar surface area (TPSA) is 54.4 Å². The van der Waals surface area contributed by atoms with Gasteiger partial charge in [-0.05, 0) is 12.3 Å². The van der Waals surface area contributed by atoms with Crippen molar-refractivity contribution in [1.29, 1.82) is 0 Å². The smallest absolute Gasteiger partial charge is 0.306 e. The van der Waals surface area contributed by atoms with Crippen LogP contribution in [0.25, 0.3) is 0 Å². The number of rotatable bonds is 2. The van der Waals surface area contributed by atoms with Gasteiger partial charge in [0.15, 0.2) is 0 Å². The number of Topliss-reactive ketones (excluding diaryl/α,β-unsaturated/α-hetero) is 1. The van der Waals surface area contributed by atoms with Gasteiger partial charge >= 0.3 is 5.97 Å². The summed E-state index contributed by atoms with van der Waals surface area (Å²) in [5.41, 5.74) is -0.311. The Morgan fingerprint density at radius 3 is 2.46 bits per heavy atom. The minimum atomic E-state index is -0.796. The van der Waals surface area contributed by atoms with Crippen molar-refractivity contribution in [2.24, 2.45) is 17.3 Å². The molecule has 1 N–H and O–H groups in total. The van der Waals surface area contributed by atoms with E-state index < -0.39 is 11.9 Å². The van der Waals surface area contributed by atoms with Gasteiger partial charge in [-0.1, -0.05) is 20.8 Å². The largest absolute Gasteiger partial charge is 0.481 e. The quantitative estimate of drug-likeness (QED) is 0.710. The highest BCUT2D eigenvalue weighted by Gasteiger charge is 2.42. The predicted molar refractivity (Wildman–Crippen MR) is 48.3 cm³/mol. The lowest BCUT2D eigenvalue weighted by Crippen LogP contribution is -2.19. The summed E-state index contributed by atoms with van der Waals surface area (Å²) in [6, 6.07) is 0. The van der Waals surface area contributed by atoms with Crippen LogP contribution in [0.1, 0.15) is 33.6 Å². The van der Waals surface area contributed by atoms with Gasteiger partial charge in [-0.15, -0.1) is 0 Å². The predicted octanol–water partition coefficient (Wildman–Crippen LogP) is 1.71. The molecule has 0 saturated heterocycles. The van der Waals surface area contributed by atoms with Crippen molar-refractivity contribution in [2.45, 2.75) is 33.6 Å². The zero-order chi connectivity index (χ0) is 10.2. The molecule has 1 rings (SSSR count). The molecule has 0 amide bonds. The second-order valence-electron chi connectivity index (χ2n) is 4.60. The number of hydrogen-bond donors (Lipinski definition) is 1. The molecule has 2 atom stereocenters. The highest BCUT2D eigenvalue weighted by atomic mass is 16.4. The SMILES string of the molecule is C[C@H](C(=O)O)[C@H]1CC(=O)C(C)(C)C1. The van der Waals surface area contributed by atoms with Crippen LogP contribution < -0.4 is 0 Å². The van der Waals surface area contributed by atoms with E-state index in [2.05, 4.69) is 0 Å². The first kappa shape index (κ1) is 10.2. The highest BCUT2D eigenvalue weighted by molar-refractivity contribution is 5.87. The molecule has 74 valence electrons. The summed E-state index contributed by atoms with van der Waals surface area (Å²) < 4.78 is 0. The first-order chi connectivity index (χ1) is 5.84. The Hall–Kier alpha value is -0.860. The van der Waals surface area contributed by atoms with Crippen molar-refractivity contribution in [3.05, 3.63) is 0 Å². The molecule has 3 heteroatoms. The van der Waals surface area contributed by atoms with Gasteiger partial charge in [0.05, 0.1) is 5.92 Å². The van der Waals surface area contributed by atoms with E-state index in [1.807, 2.05) is 13.8 Å². The van der Waals surface area contributed by atoms with Crippen LogP contribution in [0.3, 0.4) is 0 Å². The second kappa shape index (κ2) is 3.13. The third-order valence-corrected chi connectivity index (χ3v) is 3.07. The molecule has 0 spiro atoms. The number of carbonyl (C=O) groups excluding carboxylic acids is 1. The molecule has 1 saturated carbocycles. The molecule has 0 aromatic heterocycles. The minimum Gasteiger partial charge on any atom is -0.481 e. The van der Waals surface area contributed by atoms with E-state index in [-0.39, 0.29) is 17.1 Å². The van der Waals surface area contributed by atoms with Gasteiger partial charge < -0.3 is 5.11 Å². The van der Waals surface area contributed by atoms with Crippen molar-refractivity contribution in [1.82, 2.24) is 0 Å². The Morgan fingerprint density at radius 2 is 2.15 bits per heavy atom. The Kier molecular flexibility index (Phi) is 2.46. The summed E-state index contributed by atoms with van der Waals surface area (Å²) in [7, 11) is 0. The fourth-order valence-corrected chi connectivity index (χ4v) is 1.91. The average Bonchev–Trinajstić information content (AvgIpc) is 2.25. The number of carboxylic acid groups (broad SMARTS) is 1. The van der Waals surface area contributed by atoms with E-state index in [0.29, 0.717) is 12.8 Å². The summed E-state index contributed by atoms with van der Waals surface area (Å²) >= 11 is 0. The Morgan fingerprint density at radius 1 is 1.62 bits per heavy atom. The van der Waals surface area contributed by atoms with E-state index in [1.54, 1.807) is 6.92 Å². The van der Waals surface area contributed by atoms with Crippen LogP contribution >= 0.6 is 0 Å². The third kappa shape index (κ3) is 1.90.